The van der Waals surface area contributed by atoms with Gasteiger partial charge in [-0.1, -0.05) is 19.1 Å². The molecule has 1 rings (SSSR count). The molecule has 0 aromatic heterocycles. The zero-order chi connectivity index (χ0) is 15.2. The van der Waals surface area contributed by atoms with Crippen LogP contribution in [0.15, 0.2) is 24.3 Å². The van der Waals surface area contributed by atoms with E-state index in [-0.39, 0.29) is 6.54 Å². The monoisotopic (exact) mass is 275 g/mol. The van der Waals surface area contributed by atoms with Crippen molar-refractivity contribution in [3.05, 3.63) is 29.8 Å². The maximum Gasteiger partial charge on any atom is 0.323 e. The lowest BCUT2D eigenvalue weighted by molar-refractivity contribution is -0.144. The Labute approximate surface area is 117 Å². The predicted octanol–water partition coefficient (Wildman–Crippen LogP) is 1.34. The van der Waals surface area contributed by atoms with Crippen LogP contribution in [0, 0.1) is 11.3 Å². The predicted molar refractivity (Wildman–Crippen MR) is 74.1 cm³/mol. The lowest BCUT2D eigenvalue weighted by atomic mass is 9.99. The van der Waals surface area contributed by atoms with Gasteiger partial charge in [-0.05, 0) is 25.5 Å². The van der Waals surface area contributed by atoms with Crippen molar-refractivity contribution in [2.45, 2.75) is 25.8 Å². The summed E-state index contributed by atoms with van der Waals surface area (Å²) in [6, 6.07) is 8.59. The number of carboxylic acids is 1. The highest BCUT2D eigenvalue weighted by molar-refractivity contribution is 5.94. The molecule has 0 bridgehead atoms. The molecule has 0 saturated carbocycles. The summed E-state index contributed by atoms with van der Waals surface area (Å²) in [6.07, 6.45) is 0.352. The summed E-state index contributed by atoms with van der Waals surface area (Å²) in [6.45, 7) is 3.10. The van der Waals surface area contributed by atoms with Gasteiger partial charge in [0.05, 0.1) is 17.8 Å². The molecule has 0 saturated heterocycles. The van der Waals surface area contributed by atoms with Gasteiger partial charge in [0, 0.05) is 0 Å². The number of nitrogens with one attached hydrogen (secondary N) is 2. The van der Waals surface area contributed by atoms with Gasteiger partial charge in [0.2, 0.25) is 5.91 Å². The number of nitriles is 1. The average Bonchev–Trinajstić information content (AvgIpc) is 2.45. The Bertz CT molecular complexity index is 551. The second-order valence-electron chi connectivity index (χ2n) is 4.55. The van der Waals surface area contributed by atoms with Crippen molar-refractivity contribution in [2.75, 3.05) is 11.9 Å². The van der Waals surface area contributed by atoms with Crippen LogP contribution < -0.4 is 10.6 Å². The third kappa shape index (κ3) is 3.80. The van der Waals surface area contributed by atoms with E-state index in [1.54, 1.807) is 31.2 Å². The minimum absolute atomic E-state index is 0.142. The Morgan fingerprint density at radius 1 is 1.40 bits per heavy atom. The number of carbonyl (C=O) groups is 2. The lowest BCUT2D eigenvalue weighted by Crippen LogP contribution is -2.51. The Morgan fingerprint density at radius 3 is 2.60 bits per heavy atom. The van der Waals surface area contributed by atoms with Crippen molar-refractivity contribution in [3.8, 4) is 6.07 Å². The summed E-state index contributed by atoms with van der Waals surface area (Å²) in [5, 5.41) is 23.3. The van der Waals surface area contributed by atoms with Gasteiger partial charge in [-0.3, -0.25) is 14.9 Å². The van der Waals surface area contributed by atoms with Crippen LogP contribution in [-0.2, 0) is 9.59 Å². The maximum atomic E-state index is 11.8. The largest absolute Gasteiger partial charge is 0.480 e. The molecule has 0 aliphatic carbocycles. The third-order valence-corrected chi connectivity index (χ3v) is 3.14. The van der Waals surface area contributed by atoms with Gasteiger partial charge < -0.3 is 10.4 Å². The second kappa shape index (κ2) is 6.68. The number of hydrogen-bond acceptors (Lipinski definition) is 4. The molecule has 1 atom stereocenters. The zero-order valence-corrected chi connectivity index (χ0v) is 11.4. The topological polar surface area (TPSA) is 102 Å². The molecule has 0 aliphatic rings. The first-order valence-corrected chi connectivity index (χ1v) is 6.20. The number of carbonyl (C=O) groups excluding carboxylic acids is 1. The summed E-state index contributed by atoms with van der Waals surface area (Å²) in [4.78, 5) is 22.9. The van der Waals surface area contributed by atoms with Gasteiger partial charge in [-0.2, -0.15) is 5.26 Å². The van der Waals surface area contributed by atoms with E-state index >= 15 is 0 Å². The molecule has 0 fully saturated rings. The molecule has 106 valence electrons. The Kier molecular flexibility index (Phi) is 5.23. The van der Waals surface area contributed by atoms with Gasteiger partial charge >= 0.3 is 5.97 Å². The molecule has 1 aromatic carbocycles. The number of rotatable bonds is 6. The Hall–Kier alpha value is -2.39. The number of para-hydroxylation sites is 1. The van der Waals surface area contributed by atoms with Crippen LogP contribution in [0.2, 0.25) is 0 Å². The molecule has 20 heavy (non-hydrogen) atoms. The number of hydrogen-bond donors (Lipinski definition) is 3. The summed E-state index contributed by atoms with van der Waals surface area (Å²) in [7, 11) is 0. The van der Waals surface area contributed by atoms with Crippen molar-refractivity contribution >= 4 is 17.6 Å². The van der Waals surface area contributed by atoms with E-state index in [2.05, 4.69) is 10.6 Å². The van der Waals surface area contributed by atoms with Crippen molar-refractivity contribution in [1.82, 2.24) is 5.32 Å². The normalized spacial score (nSPS) is 13.1. The molecule has 0 aliphatic heterocycles. The van der Waals surface area contributed by atoms with E-state index in [0.29, 0.717) is 17.7 Å². The van der Waals surface area contributed by atoms with E-state index in [9.17, 15) is 9.59 Å². The first kappa shape index (κ1) is 15.7. The molecule has 0 spiro atoms. The highest BCUT2D eigenvalue weighted by atomic mass is 16.4. The third-order valence-electron chi connectivity index (χ3n) is 3.14. The summed E-state index contributed by atoms with van der Waals surface area (Å²) in [5.41, 5.74) is -0.376. The van der Waals surface area contributed by atoms with Gasteiger partial charge in [0.1, 0.15) is 11.6 Å². The van der Waals surface area contributed by atoms with Gasteiger partial charge in [-0.25, -0.2) is 0 Å². The number of carboxylic acid groups (broad SMARTS) is 1. The fraction of sp³-hybridized carbons (Fsp3) is 0.357. The molecular weight excluding hydrogens is 258 g/mol. The quantitative estimate of drug-likeness (QED) is 0.727. The van der Waals surface area contributed by atoms with E-state index < -0.39 is 17.4 Å². The summed E-state index contributed by atoms with van der Waals surface area (Å²) < 4.78 is 0. The SMILES string of the molecule is CCC(C)(NCC(=O)Nc1ccccc1C#N)C(=O)O. The molecule has 6 nitrogen and oxygen atoms in total. The molecule has 1 aromatic rings. The van der Waals surface area contributed by atoms with Crippen LogP contribution in [0.5, 0.6) is 0 Å². The van der Waals surface area contributed by atoms with E-state index in [1.807, 2.05) is 6.07 Å². The number of nitrogens with zero attached hydrogens (tertiary/aromatic N) is 1. The Morgan fingerprint density at radius 2 is 2.05 bits per heavy atom. The van der Waals surface area contributed by atoms with Crippen LogP contribution in [0.25, 0.3) is 0 Å². The number of benzene rings is 1. The first-order chi connectivity index (χ1) is 9.42. The van der Waals surface area contributed by atoms with Crippen LogP contribution in [0.4, 0.5) is 5.69 Å². The first-order valence-electron chi connectivity index (χ1n) is 6.20. The molecule has 0 heterocycles. The van der Waals surface area contributed by atoms with E-state index in [0.717, 1.165) is 0 Å². The zero-order valence-electron chi connectivity index (χ0n) is 11.4. The molecule has 0 radical (unpaired) electrons. The van der Waals surface area contributed by atoms with Crippen LogP contribution in [-0.4, -0.2) is 29.1 Å². The highest BCUT2D eigenvalue weighted by Gasteiger charge is 2.30. The van der Waals surface area contributed by atoms with Crippen LogP contribution in [0.1, 0.15) is 25.8 Å². The van der Waals surface area contributed by atoms with E-state index in [4.69, 9.17) is 10.4 Å². The lowest BCUT2D eigenvalue weighted by Gasteiger charge is -2.24. The minimum Gasteiger partial charge on any atom is -0.480 e. The van der Waals surface area contributed by atoms with Crippen LogP contribution in [0.3, 0.4) is 0 Å². The molecule has 6 heteroatoms. The standard InChI is InChI=1S/C14H17N3O3/c1-3-14(2,13(19)20)16-9-12(18)17-11-7-5-4-6-10(11)8-15/h4-7,16H,3,9H2,1-2H3,(H,17,18)(H,19,20). The molecular formula is C14H17N3O3. The van der Waals surface area contributed by atoms with Gasteiger partial charge in [0.15, 0.2) is 0 Å². The van der Waals surface area contributed by atoms with Crippen molar-refractivity contribution in [2.24, 2.45) is 0 Å². The molecule has 1 amide bonds. The minimum atomic E-state index is -1.15. The van der Waals surface area contributed by atoms with Crippen LogP contribution >= 0.6 is 0 Å². The smallest absolute Gasteiger partial charge is 0.323 e. The Balaban J connectivity index is 2.65. The number of anilines is 1. The number of amides is 1. The number of aliphatic carboxylic acids is 1. The summed E-state index contributed by atoms with van der Waals surface area (Å²) in [5.74, 6) is -1.40. The molecule has 1 unspecified atom stereocenters. The van der Waals surface area contributed by atoms with Gasteiger partial charge in [-0.15, -0.1) is 0 Å². The average molecular weight is 275 g/mol. The van der Waals surface area contributed by atoms with Crippen molar-refractivity contribution in [1.29, 1.82) is 5.26 Å². The summed E-state index contributed by atoms with van der Waals surface area (Å²) >= 11 is 0. The highest BCUT2D eigenvalue weighted by Crippen LogP contribution is 2.13. The second-order valence-corrected chi connectivity index (χ2v) is 4.55. The van der Waals surface area contributed by atoms with Gasteiger partial charge in [0.25, 0.3) is 0 Å². The molecule has 3 N–H and O–H groups in total. The van der Waals surface area contributed by atoms with Crippen molar-refractivity contribution in [3.63, 3.8) is 0 Å². The fourth-order valence-corrected chi connectivity index (χ4v) is 1.51. The van der Waals surface area contributed by atoms with E-state index in [1.165, 1.54) is 6.92 Å². The fourth-order valence-electron chi connectivity index (χ4n) is 1.51. The maximum absolute atomic E-state index is 11.8. The van der Waals surface area contributed by atoms with Crippen molar-refractivity contribution < 1.29 is 14.7 Å².